The van der Waals surface area contributed by atoms with Crippen LogP contribution in [0.2, 0.25) is 0 Å². The van der Waals surface area contributed by atoms with Crippen LogP contribution in [-0.2, 0) is 16.1 Å². The molecule has 144 valence electrons. The smallest absolute Gasteiger partial charge is 0.340 e. The van der Waals surface area contributed by atoms with Gasteiger partial charge in [0.25, 0.3) is 0 Å². The predicted molar refractivity (Wildman–Crippen MR) is 105 cm³/mol. The van der Waals surface area contributed by atoms with Crippen LogP contribution in [0, 0.1) is 5.92 Å². The van der Waals surface area contributed by atoms with Crippen molar-refractivity contribution < 1.29 is 14.3 Å². The molecule has 2 aliphatic heterocycles. The van der Waals surface area contributed by atoms with Crippen molar-refractivity contribution in [2.45, 2.75) is 51.6 Å². The number of aromatic nitrogens is 1. The van der Waals surface area contributed by atoms with Crippen LogP contribution >= 0.6 is 0 Å². The number of carbonyl (C=O) groups is 2. The van der Waals surface area contributed by atoms with E-state index >= 15 is 0 Å². The SMILES string of the molecule is CC(=O)Cn1cc(C(=O)OCC2CCN3CCCCC3C2)c2ccccc21. The summed E-state index contributed by atoms with van der Waals surface area (Å²) in [6.07, 6.45) is 7.93. The highest BCUT2D eigenvalue weighted by Crippen LogP contribution is 2.30. The molecule has 1 aromatic carbocycles. The Bertz CT molecular complexity index is 841. The largest absolute Gasteiger partial charge is 0.462 e. The summed E-state index contributed by atoms with van der Waals surface area (Å²) in [4.78, 5) is 26.9. The van der Waals surface area contributed by atoms with Crippen LogP contribution in [0.4, 0.5) is 0 Å². The lowest BCUT2D eigenvalue weighted by Gasteiger charge is -2.42. The zero-order chi connectivity index (χ0) is 18.8. The molecule has 3 heterocycles. The van der Waals surface area contributed by atoms with Crippen LogP contribution in [0.5, 0.6) is 0 Å². The average molecular weight is 368 g/mol. The zero-order valence-corrected chi connectivity index (χ0v) is 16.0. The Labute approximate surface area is 160 Å². The van der Waals surface area contributed by atoms with E-state index in [0.29, 0.717) is 24.1 Å². The highest BCUT2D eigenvalue weighted by atomic mass is 16.5. The van der Waals surface area contributed by atoms with Gasteiger partial charge in [-0.25, -0.2) is 4.79 Å². The molecule has 0 bridgehead atoms. The van der Waals surface area contributed by atoms with Crippen LogP contribution in [-0.4, -0.2) is 47.0 Å². The fourth-order valence-electron chi connectivity index (χ4n) is 4.68. The molecule has 27 heavy (non-hydrogen) atoms. The van der Waals surface area contributed by atoms with Gasteiger partial charge in [0.1, 0.15) is 5.78 Å². The number of benzene rings is 1. The maximum Gasteiger partial charge on any atom is 0.340 e. The number of Topliss-reactive ketones (excluding diaryl/α,β-unsaturated/α-hetero) is 1. The van der Waals surface area contributed by atoms with Crippen LogP contribution in [0.3, 0.4) is 0 Å². The van der Waals surface area contributed by atoms with Crippen LogP contribution in [0.25, 0.3) is 10.9 Å². The van der Waals surface area contributed by atoms with Gasteiger partial charge in [0.15, 0.2) is 0 Å². The Morgan fingerprint density at radius 1 is 1.15 bits per heavy atom. The van der Waals surface area contributed by atoms with Gasteiger partial charge in [-0.3, -0.25) is 4.79 Å². The van der Waals surface area contributed by atoms with E-state index in [-0.39, 0.29) is 18.3 Å². The Balaban J connectivity index is 1.43. The molecule has 0 N–H and O–H groups in total. The van der Waals surface area contributed by atoms with Crippen molar-refractivity contribution in [3.05, 3.63) is 36.0 Å². The van der Waals surface area contributed by atoms with Crippen molar-refractivity contribution in [3.8, 4) is 0 Å². The molecule has 0 radical (unpaired) electrons. The lowest BCUT2D eigenvalue weighted by atomic mass is 9.86. The third kappa shape index (κ3) is 3.93. The monoisotopic (exact) mass is 368 g/mol. The second-order valence-electron chi connectivity index (χ2n) is 8.06. The maximum absolute atomic E-state index is 12.8. The molecule has 5 nitrogen and oxygen atoms in total. The van der Waals surface area contributed by atoms with Gasteiger partial charge in [0.05, 0.1) is 18.7 Å². The van der Waals surface area contributed by atoms with Gasteiger partial charge < -0.3 is 14.2 Å². The third-order valence-corrected chi connectivity index (χ3v) is 6.03. The maximum atomic E-state index is 12.8. The lowest BCUT2D eigenvalue weighted by Crippen LogP contribution is -2.46. The Morgan fingerprint density at radius 3 is 2.85 bits per heavy atom. The first-order valence-corrected chi connectivity index (χ1v) is 10.1. The van der Waals surface area contributed by atoms with E-state index in [1.807, 2.05) is 28.8 Å². The first-order valence-electron chi connectivity index (χ1n) is 10.1. The van der Waals surface area contributed by atoms with E-state index in [4.69, 9.17) is 4.74 Å². The standard InChI is InChI=1S/C22H28N2O3/c1-16(25)13-24-14-20(19-7-2-3-8-21(19)24)22(26)27-15-17-9-11-23-10-5-4-6-18(23)12-17/h2-3,7-8,14,17-18H,4-6,9-13,15H2,1H3. The fraction of sp³-hybridized carbons (Fsp3) is 0.545. The van der Waals surface area contributed by atoms with Crippen LogP contribution in [0.1, 0.15) is 49.4 Å². The summed E-state index contributed by atoms with van der Waals surface area (Å²) in [6.45, 7) is 4.69. The van der Waals surface area contributed by atoms with Gasteiger partial charge in [-0.15, -0.1) is 0 Å². The van der Waals surface area contributed by atoms with E-state index < -0.39 is 0 Å². The molecule has 2 saturated heterocycles. The molecule has 0 spiro atoms. The first-order chi connectivity index (χ1) is 13.1. The van der Waals surface area contributed by atoms with Gasteiger partial charge in [-0.1, -0.05) is 24.6 Å². The Morgan fingerprint density at radius 2 is 2.00 bits per heavy atom. The van der Waals surface area contributed by atoms with Crippen LogP contribution < -0.4 is 0 Å². The number of hydrogen-bond donors (Lipinski definition) is 0. The van der Waals surface area contributed by atoms with Crippen molar-refractivity contribution in [2.24, 2.45) is 5.92 Å². The minimum Gasteiger partial charge on any atom is -0.462 e. The quantitative estimate of drug-likeness (QED) is 0.756. The van der Waals surface area contributed by atoms with E-state index in [2.05, 4.69) is 4.90 Å². The van der Waals surface area contributed by atoms with E-state index in [1.54, 1.807) is 13.1 Å². The summed E-state index contributed by atoms with van der Waals surface area (Å²) in [5, 5.41) is 0.853. The van der Waals surface area contributed by atoms with Crippen molar-refractivity contribution in [1.82, 2.24) is 9.47 Å². The topological polar surface area (TPSA) is 51.5 Å². The molecule has 2 fully saturated rings. The molecule has 4 rings (SSSR count). The molecule has 0 aliphatic carbocycles. The number of piperidine rings is 2. The van der Waals surface area contributed by atoms with Crippen molar-refractivity contribution in [2.75, 3.05) is 19.7 Å². The molecule has 2 atom stereocenters. The van der Waals surface area contributed by atoms with Gasteiger partial charge in [-0.2, -0.15) is 0 Å². The fourth-order valence-corrected chi connectivity index (χ4v) is 4.68. The lowest BCUT2D eigenvalue weighted by molar-refractivity contribution is -0.117. The first kappa shape index (κ1) is 18.2. The van der Waals surface area contributed by atoms with Gasteiger partial charge >= 0.3 is 5.97 Å². The summed E-state index contributed by atoms with van der Waals surface area (Å²) >= 11 is 0. The molecular formula is C22H28N2O3. The number of rotatable bonds is 5. The second kappa shape index (κ2) is 7.85. The van der Waals surface area contributed by atoms with E-state index in [9.17, 15) is 9.59 Å². The van der Waals surface area contributed by atoms with Gasteiger partial charge in [-0.05, 0) is 57.7 Å². The molecule has 5 heteroatoms. The molecule has 2 unspecified atom stereocenters. The molecule has 2 aromatic rings. The molecule has 0 saturated carbocycles. The number of esters is 1. The normalized spacial score (nSPS) is 23.1. The molecular weight excluding hydrogens is 340 g/mol. The number of nitrogens with zero attached hydrogens (tertiary/aromatic N) is 2. The zero-order valence-electron chi connectivity index (χ0n) is 16.0. The van der Waals surface area contributed by atoms with E-state index in [1.165, 1.54) is 25.8 Å². The Kier molecular flexibility index (Phi) is 5.30. The van der Waals surface area contributed by atoms with Crippen molar-refractivity contribution in [1.29, 1.82) is 0 Å². The van der Waals surface area contributed by atoms with Crippen molar-refractivity contribution >= 4 is 22.7 Å². The number of ketones is 1. The summed E-state index contributed by atoms with van der Waals surface area (Å²) in [7, 11) is 0. The number of para-hydroxylation sites is 1. The molecule has 0 amide bonds. The van der Waals surface area contributed by atoms with Gasteiger partial charge in [0, 0.05) is 23.1 Å². The molecule has 2 aliphatic rings. The number of fused-ring (bicyclic) bond motifs is 2. The minimum atomic E-state index is -0.278. The minimum absolute atomic E-state index is 0.0647. The highest BCUT2D eigenvalue weighted by Gasteiger charge is 2.30. The predicted octanol–water partition coefficient (Wildman–Crippen LogP) is 3.65. The summed E-state index contributed by atoms with van der Waals surface area (Å²) in [5.74, 6) is 0.244. The number of hydrogen-bond acceptors (Lipinski definition) is 4. The Hall–Kier alpha value is -2.14. The average Bonchev–Trinajstić information content (AvgIpc) is 3.04. The second-order valence-corrected chi connectivity index (χ2v) is 8.06. The number of ether oxygens (including phenoxy) is 1. The van der Waals surface area contributed by atoms with Crippen LogP contribution in [0.15, 0.2) is 30.5 Å². The molecule has 1 aromatic heterocycles. The van der Waals surface area contributed by atoms with Gasteiger partial charge in [0.2, 0.25) is 0 Å². The highest BCUT2D eigenvalue weighted by molar-refractivity contribution is 6.04. The third-order valence-electron chi connectivity index (χ3n) is 6.03. The summed E-state index contributed by atoms with van der Waals surface area (Å²) < 4.78 is 7.56. The van der Waals surface area contributed by atoms with E-state index in [0.717, 1.165) is 30.3 Å². The number of carbonyl (C=O) groups excluding carboxylic acids is 2. The summed E-state index contributed by atoms with van der Waals surface area (Å²) in [6, 6.07) is 8.37. The van der Waals surface area contributed by atoms with Crippen molar-refractivity contribution in [3.63, 3.8) is 0 Å². The summed E-state index contributed by atoms with van der Waals surface area (Å²) in [5.41, 5.74) is 1.46.